The minimum atomic E-state index is -3.61. The van der Waals surface area contributed by atoms with Crippen LogP contribution >= 0.6 is 0 Å². The first kappa shape index (κ1) is 20.0. The number of rotatable bonds is 6. The Labute approximate surface area is 164 Å². The summed E-state index contributed by atoms with van der Waals surface area (Å²) in [6.45, 7) is 4.10. The molecule has 2 N–H and O–H groups in total. The number of hydrogen-bond acceptors (Lipinski definition) is 4. The van der Waals surface area contributed by atoms with E-state index in [1.165, 1.54) is 24.3 Å². The third kappa shape index (κ3) is 4.40. The van der Waals surface area contributed by atoms with Gasteiger partial charge in [0.25, 0.3) is 5.91 Å². The number of anilines is 2. The highest BCUT2D eigenvalue weighted by Crippen LogP contribution is 2.29. The molecule has 3 rings (SSSR count). The molecule has 8 heteroatoms. The summed E-state index contributed by atoms with van der Waals surface area (Å²) in [7, 11) is -3.61. The smallest absolute Gasteiger partial charge is 0.255 e. The summed E-state index contributed by atoms with van der Waals surface area (Å²) in [5, 5.41) is 2.82. The summed E-state index contributed by atoms with van der Waals surface area (Å²) in [6, 6.07) is 12.6. The Morgan fingerprint density at radius 1 is 1.07 bits per heavy atom. The van der Waals surface area contributed by atoms with Gasteiger partial charge in [0, 0.05) is 24.6 Å². The third-order valence-electron chi connectivity index (χ3n) is 4.33. The maximum Gasteiger partial charge on any atom is 0.255 e. The summed E-state index contributed by atoms with van der Waals surface area (Å²) in [5.41, 5.74) is 1.53. The quantitative estimate of drug-likeness (QED) is 0.778. The number of sulfonamides is 1. The van der Waals surface area contributed by atoms with Crippen LogP contribution in [0.3, 0.4) is 0 Å². The van der Waals surface area contributed by atoms with Crippen LogP contribution in [-0.4, -0.2) is 32.8 Å². The molecule has 0 saturated carbocycles. The molecule has 0 aromatic heterocycles. The molecular weight excluding hydrogens is 378 g/mol. The molecule has 0 atom stereocenters. The van der Waals surface area contributed by atoms with E-state index in [-0.39, 0.29) is 22.8 Å². The van der Waals surface area contributed by atoms with Crippen LogP contribution in [0.25, 0.3) is 0 Å². The van der Waals surface area contributed by atoms with E-state index in [4.69, 9.17) is 0 Å². The first-order valence-electron chi connectivity index (χ1n) is 9.11. The fraction of sp³-hybridized carbons (Fsp3) is 0.300. The maximum atomic E-state index is 12.6. The lowest BCUT2D eigenvalue weighted by Gasteiger charge is -2.20. The van der Waals surface area contributed by atoms with Gasteiger partial charge in [0.1, 0.15) is 0 Å². The molecule has 0 spiro atoms. The molecule has 0 unspecified atom stereocenters. The molecule has 2 amide bonds. The average molecular weight is 401 g/mol. The van der Waals surface area contributed by atoms with Crippen LogP contribution in [0.2, 0.25) is 0 Å². The van der Waals surface area contributed by atoms with Crippen molar-refractivity contribution in [3.63, 3.8) is 0 Å². The monoisotopic (exact) mass is 401 g/mol. The number of carbonyl (C=O) groups excluding carboxylic acids is 2. The molecule has 1 saturated heterocycles. The fourth-order valence-electron chi connectivity index (χ4n) is 3.08. The molecule has 148 valence electrons. The molecule has 0 bridgehead atoms. The number of nitrogens with zero attached hydrogens (tertiary/aromatic N) is 1. The molecule has 28 heavy (non-hydrogen) atoms. The van der Waals surface area contributed by atoms with Crippen LogP contribution in [0.15, 0.2) is 53.4 Å². The van der Waals surface area contributed by atoms with Crippen molar-refractivity contribution in [3.05, 3.63) is 54.1 Å². The number of hydrogen-bond donors (Lipinski definition) is 2. The normalized spacial score (nSPS) is 14.5. The number of nitrogens with one attached hydrogen (secondary N) is 2. The Balaban J connectivity index is 1.78. The Kier molecular flexibility index (Phi) is 5.81. The van der Waals surface area contributed by atoms with Gasteiger partial charge in [0.05, 0.1) is 16.3 Å². The van der Waals surface area contributed by atoms with Crippen molar-refractivity contribution in [2.24, 2.45) is 0 Å². The maximum absolute atomic E-state index is 12.6. The molecular formula is C20H23N3O4S. The molecule has 7 nitrogen and oxygen atoms in total. The van der Waals surface area contributed by atoms with Crippen molar-refractivity contribution >= 4 is 33.2 Å². The van der Waals surface area contributed by atoms with Crippen molar-refractivity contribution in [1.82, 2.24) is 4.72 Å². The van der Waals surface area contributed by atoms with Crippen LogP contribution in [0.1, 0.15) is 37.0 Å². The van der Waals surface area contributed by atoms with Crippen LogP contribution in [0, 0.1) is 0 Å². The summed E-state index contributed by atoms with van der Waals surface area (Å²) in [4.78, 5) is 26.4. The fourth-order valence-corrected chi connectivity index (χ4v) is 4.33. The van der Waals surface area contributed by atoms with Crippen molar-refractivity contribution in [2.75, 3.05) is 16.8 Å². The second kappa shape index (κ2) is 8.12. The van der Waals surface area contributed by atoms with E-state index in [2.05, 4.69) is 10.0 Å². The van der Waals surface area contributed by atoms with Crippen molar-refractivity contribution in [1.29, 1.82) is 0 Å². The molecule has 1 aliphatic heterocycles. The average Bonchev–Trinajstić information content (AvgIpc) is 3.07. The van der Waals surface area contributed by atoms with Gasteiger partial charge in [0.15, 0.2) is 0 Å². The van der Waals surface area contributed by atoms with Crippen molar-refractivity contribution in [2.45, 2.75) is 37.6 Å². The molecule has 1 heterocycles. The zero-order valence-corrected chi connectivity index (χ0v) is 16.6. The topological polar surface area (TPSA) is 95.6 Å². The molecule has 1 aliphatic rings. The number of benzene rings is 2. The number of para-hydroxylation sites is 2. The van der Waals surface area contributed by atoms with Crippen LogP contribution < -0.4 is 14.9 Å². The van der Waals surface area contributed by atoms with E-state index < -0.39 is 10.0 Å². The Morgan fingerprint density at radius 2 is 1.75 bits per heavy atom. The van der Waals surface area contributed by atoms with E-state index in [1.807, 2.05) is 6.07 Å². The highest BCUT2D eigenvalue weighted by Gasteiger charge is 2.24. The van der Waals surface area contributed by atoms with Gasteiger partial charge < -0.3 is 10.2 Å². The minimum absolute atomic E-state index is 0.0360. The highest BCUT2D eigenvalue weighted by molar-refractivity contribution is 7.89. The lowest BCUT2D eigenvalue weighted by Crippen LogP contribution is -2.30. The molecule has 0 radical (unpaired) electrons. The first-order valence-corrected chi connectivity index (χ1v) is 10.6. The Hall–Kier alpha value is -2.71. The molecule has 2 aromatic carbocycles. The van der Waals surface area contributed by atoms with Gasteiger partial charge in [-0.15, -0.1) is 0 Å². The van der Waals surface area contributed by atoms with Gasteiger partial charge in [-0.2, -0.15) is 0 Å². The van der Waals surface area contributed by atoms with Gasteiger partial charge in [-0.1, -0.05) is 12.1 Å². The number of amides is 2. The summed E-state index contributed by atoms with van der Waals surface area (Å²) in [5.74, 6) is -0.339. The zero-order chi connectivity index (χ0) is 20.3. The summed E-state index contributed by atoms with van der Waals surface area (Å²) in [6.07, 6.45) is 1.30. The highest BCUT2D eigenvalue weighted by atomic mass is 32.2. The van der Waals surface area contributed by atoms with Gasteiger partial charge in [-0.05, 0) is 56.7 Å². The standard InChI is InChI=1S/C20H23N3O4S/c1-14(2)22-28(26,27)16-11-9-15(10-12-16)20(25)21-17-6-3-4-7-18(17)23-13-5-8-19(23)24/h3-4,6-7,9-12,14,22H,5,8,13H2,1-2H3,(H,21,25). The van der Waals surface area contributed by atoms with E-state index in [9.17, 15) is 18.0 Å². The predicted octanol–water partition coefficient (Wildman–Crippen LogP) is 2.75. The third-order valence-corrected chi connectivity index (χ3v) is 6.01. The Bertz CT molecular complexity index is 985. The largest absolute Gasteiger partial charge is 0.320 e. The van der Waals surface area contributed by atoms with Gasteiger partial charge in [-0.25, -0.2) is 13.1 Å². The van der Waals surface area contributed by atoms with Crippen LogP contribution in [-0.2, 0) is 14.8 Å². The van der Waals surface area contributed by atoms with E-state index in [0.29, 0.717) is 29.9 Å². The Morgan fingerprint density at radius 3 is 2.36 bits per heavy atom. The predicted molar refractivity (Wildman–Crippen MR) is 108 cm³/mol. The SMILES string of the molecule is CC(C)NS(=O)(=O)c1ccc(C(=O)Nc2ccccc2N2CCCC2=O)cc1. The van der Waals surface area contributed by atoms with Crippen molar-refractivity contribution in [3.8, 4) is 0 Å². The van der Waals surface area contributed by atoms with Gasteiger partial charge in [0.2, 0.25) is 15.9 Å². The minimum Gasteiger partial charge on any atom is -0.320 e. The summed E-state index contributed by atoms with van der Waals surface area (Å²) >= 11 is 0. The van der Waals surface area contributed by atoms with E-state index in [1.54, 1.807) is 36.9 Å². The van der Waals surface area contributed by atoms with Crippen LogP contribution in [0.5, 0.6) is 0 Å². The number of carbonyl (C=O) groups is 2. The summed E-state index contributed by atoms with van der Waals surface area (Å²) < 4.78 is 26.9. The zero-order valence-electron chi connectivity index (χ0n) is 15.8. The lowest BCUT2D eigenvalue weighted by molar-refractivity contribution is -0.117. The van der Waals surface area contributed by atoms with Gasteiger partial charge >= 0.3 is 0 Å². The second-order valence-electron chi connectivity index (χ2n) is 6.92. The van der Waals surface area contributed by atoms with Crippen molar-refractivity contribution < 1.29 is 18.0 Å². The van der Waals surface area contributed by atoms with Crippen LogP contribution in [0.4, 0.5) is 11.4 Å². The molecule has 0 aliphatic carbocycles. The molecule has 2 aromatic rings. The molecule has 1 fully saturated rings. The van der Waals surface area contributed by atoms with E-state index in [0.717, 1.165) is 6.42 Å². The van der Waals surface area contributed by atoms with Gasteiger partial charge in [-0.3, -0.25) is 9.59 Å². The lowest BCUT2D eigenvalue weighted by atomic mass is 10.2. The second-order valence-corrected chi connectivity index (χ2v) is 8.63. The first-order chi connectivity index (χ1) is 13.3. The van der Waals surface area contributed by atoms with E-state index >= 15 is 0 Å².